The monoisotopic (exact) mass is 287 g/mol. The molecule has 0 aliphatic carbocycles. The van der Waals surface area contributed by atoms with E-state index in [1.54, 1.807) is 6.20 Å². The van der Waals surface area contributed by atoms with E-state index in [2.05, 4.69) is 10.3 Å². The molecule has 0 amide bonds. The molecule has 1 fully saturated rings. The number of hydrogen-bond acceptors (Lipinski definition) is 3. The number of alkyl halides is 3. The summed E-state index contributed by atoms with van der Waals surface area (Å²) in [6, 6.07) is 3.78. The molecule has 1 aliphatic heterocycles. The molecule has 0 bridgehead atoms. The molecule has 1 atom stereocenters. The van der Waals surface area contributed by atoms with Gasteiger partial charge in [0.1, 0.15) is 5.82 Å². The highest BCUT2D eigenvalue weighted by Crippen LogP contribution is 2.33. The van der Waals surface area contributed by atoms with Gasteiger partial charge >= 0.3 is 6.18 Å². The van der Waals surface area contributed by atoms with Crippen molar-refractivity contribution in [1.29, 1.82) is 0 Å². The van der Waals surface area contributed by atoms with E-state index in [1.807, 2.05) is 24.0 Å². The molecule has 0 saturated carbocycles. The van der Waals surface area contributed by atoms with Crippen LogP contribution >= 0.6 is 0 Å². The highest BCUT2D eigenvalue weighted by atomic mass is 19.4. The van der Waals surface area contributed by atoms with Gasteiger partial charge in [0.15, 0.2) is 0 Å². The summed E-state index contributed by atoms with van der Waals surface area (Å²) in [7, 11) is 0. The number of halogens is 3. The van der Waals surface area contributed by atoms with E-state index in [1.165, 1.54) is 0 Å². The fourth-order valence-corrected chi connectivity index (χ4v) is 2.53. The number of aromatic nitrogens is 1. The van der Waals surface area contributed by atoms with Gasteiger partial charge in [-0.25, -0.2) is 4.98 Å². The quantitative estimate of drug-likeness (QED) is 0.921. The summed E-state index contributed by atoms with van der Waals surface area (Å²) in [4.78, 5) is 6.11. The van der Waals surface area contributed by atoms with Crippen LogP contribution in [0.3, 0.4) is 0 Å². The van der Waals surface area contributed by atoms with Crippen molar-refractivity contribution in [3.63, 3.8) is 0 Å². The predicted octanol–water partition coefficient (Wildman–Crippen LogP) is 3.29. The minimum absolute atomic E-state index is 0.0957. The van der Waals surface area contributed by atoms with Gasteiger partial charge in [0.25, 0.3) is 0 Å². The van der Waals surface area contributed by atoms with Gasteiger partial charge in [-0.1, -0.05) is 6.07 Å². The summed E-state index contributed by atoms with van der Waals surface area (Å²) in [5.74, 6) is -0.395. The van der Waals surface area contributed by atoms with Gasteiger partial charge in [0, 0.05) is 25.8 Å². The molecule has 2 rings (SSSR count). The van der Waals surface area contributed by atoms with Crippen LogP contribution in [0.2, 0.25) is 0 Å². The summed E-state index contributed by atoms with van der Waals surface area (Å²) >= 11 is 0. The van der Waals surface area contributed by atoms with Crippen molar-refractivity contribution >= 4 is 5.82 Å². The molecule has 1 unspecified atom stereocenters. The Balaban J connectivity index is 1.92. The van der Waals surface area contributed by atoms with Crippen LogP contribution in [0.15, 0.2) is 18.3 Å². The standard InChI is InChI=1S/C14H20F3N3/c1-2-18-13-6-5-11(8-19-13)9-20-7-3-4-12(10-20)14(15,16)17/h5-6,8,12H,2-4,7,9-10H2,1H3,(H,18,19). The van der Waals surface area contributed by atoms with Crippen LogP contribution in [0.1, 0.15) is 25.3 Å². The summed E-state index contributed by atoms with van der Waals surface area (Å²) in [6.07, 6.45) is -1.49. The SMILES string of the molecule is CCNc1ccc(CN2CCCC(C(F)(F)F)C2)cn1. The maximum absolute atomic E-state index is 12.7. The van der Waals surface area contributed by atoms with Gasteiger partial charge in [-0.2, -0.15) is 13.2 Å². The van der Waals surface area contributed by atoms with Crippen molar-refractivity contribution in [3.8, 4) is 0 Å². The third-order valence-electron chi connectivity index (χ3n) is 3.56. The van der Waals surface area contributed by atoms with E-state index in [-0.39, 0.29) is 13.0 Å². The van der Waals surface area contributed by atoms with E-state index in [0.29, 0.717) is 13.0 Å². The molecule has 0 aromatic carbocycles. The van der Waals surface area contributed by atoms with E-state index in [9.17, 15) is 13.2 Å². The van der Waals surface area contributed by atoms with Crippen LogP contribution in [-0.4, -0.2) is 35.7 Å². The second kappa shape index (κ2) is 6.43. The Bertz CT molecular complexity index is 417. The molecule has 0 radical (unpaired) electrons. The molecule has 20 heavy (non-hydrogen) atoms. The Labute approximate surface area is 117 Å². The van der Waals surface area contributed by atoms with Crippen LogP contribution < -0.4 is 5.32 Å². The Morgan fingerprint density at radius 1 is 1.40 bits per heavy atom. The molecule has 3 nitrogen and oxygen atoms in total. The molecule has 1 N–H and O–H groups in total. The number of hydrogen-bond donors (Lipinski definition) is 1. The maximum atomic E-state index is 12.7. The predicted molar refractivity (Wildman–Crippen MR) is 72.5 cm³/mol. The normalized spacial score (nSPS) is 20.9. The van der Waals surface area contributed by atoms with Crippen LogP contribution in [0.25, 0.3) is 0 Å². The summed E-state index contributed by atoms with van der Waals surface area (Å²) in [6.45, 7) is 4.14. The minimum Gasteiger partial charge on any atom is -0.370 e. The fraction of sp³-hybridized carbons (Fsp3) is 0.643. The van der Waals surface area contributed by atoms with Crippen molar-refractivity contribution in [3.05, 3.63) is 23.9 Å². The molecule has 2 heterocycles. The van der Waals surface area contributed by atoms with E-state index < -0.39 is 12.1 Å². The molecular formula is C14H20F3N3. The molecule has 112 valence electrons. The van der Waals surface area contributed by atoms with Crippen LogP contribution in [0.5, 0.6) is 0 Å². The molecule has 1 aromatic rings. The van der Waals surface area contributed by atoms with Crippen LogP contribution in [0.4, 0.5) is 19.0 Å². The number of anilines is 1. The highest BCUT2D eigenvalue weighted by molar-refractivity contribution is 5.35. The molecule has 6 heteroatoms. The van der Waals surface area contributed by atoms with Crippen molar-refractivity contribution in [1.82, 2.24) is 9.88 Å². The summed E-state index contributed by atoms with van der Waals surface area (Å²) < 4.78 is 38.2. The zero-order valence-corrected chi connectivity index (χ0v) is 11.6. The second-order valence-corrected chi connectivity index (χ2v) is 5.20. The Morgan fingerprint density at radius 3 is 2.80 bits per heavy atom. The molecule has 1 aromatic heterocycles. The lowest BCUT2D eigenvalue weighted by molar-refractivity contribution is -0.187. The zero-order valence-electron chi connectivity index (χ0n) is 11.6. The number of piperidine rings is 1. The van der Waals surface area contributed by atoms with Gasteiger partial charge in [0.05, 0.1) is 5.92 Å². The summed E-state index contributed by atoms with van der Waals surface area (Å²) in [5, 5.41) is 3.09. The maximum Gasteiger partial charge on any atom is 0.393 e. The second-order valence-electron chi connectivity index (χ2n) is 5.20. The highest BCUT2D eigenvalue weighted by Gasteiger charge is 2.41. The number of nitrogens with one attached hydrogen (secondary N) is 1. The van der Waals surface area contributed by atoms with Gasteiger partial charge in [-0.15, -0.1) is 0 Å². The van der Waals surface area contributed by atoms with E-state index in [4.69, 9.17) is 0 Å². The topological polar surface area (TPSA) is 28.2 Å². The van der Waals surface area contributed by atoms with Crippen molar-refractivity contribution in [2.75, 3.05) is 25.0 Å². The third-order valence-corrected chi connectivity index (χ3v) is 3.56. The first-order valence-electron chi connectivity index (χ1n) is 6.97. The van der Waals surface area contributed by atoms with Gasteiger partial charge < -0.3 is 5.32 Å². The average Bonchev–Trinajstić information content (AvgIpc) is 2.41. The van der Waals surface area contributed by atoms with Gasteiger partial charge in [0.2, 0.25) is 0 Å². The number of nitrogens with zero attached hydrogens (tertiary/aromatic N) is 2. The van der Waals surface area contributed by atoms with Crippen molar-refractivity contribution in [2.24, 2.45) is 5.92 Å². The lowest BCUT2D eigenvalue weighted by atomic mass is 9.97. The fourth-order valence-electron chi connectivity index (χ4n) is 2.53. The molecular weight excluding hydrogens is 267 g/mol. The molecule has 1 aliphatic rings. The largest absolute Gasteiger partial charge is 0.393 e. The van der Waals surface area contributed by atoms with Crippen molar-refractivity contribution in [2.45, 2.75) is 32.5 Å². The Kier molecular flexibility index (Phi) is 4.86. The van der Waals surface area contributed by atoms with E-state index >= 15 is 0 Å². The first-order chi connectivity index (χ1) is 9.49. The number of rotatable bonds is 4. The first-order valence-corrected chi connectivity index (χ1v) is 6.97. The third kappa shape index (κ3) is 4.10. The van der Waals surface area contributed by atoms with Gasteiger partial charge in [-0.3, -0.25) is 4.90 Å². The molecule has 1 saturated heterocycles. The average molecular weight is 287 g/mol. The van der Waals surface area contributed by atoms with Crippen LogP contribution in [0, 0.1) is 5.92 Å². The minimum atomic E-state index is -4.08. The molecule has 0 spiro atoms. The number of pyridine rings is 1. The van der Waals surface area contributed by atoms with E-state index in [0.717, 1.165) is 24.5 Å². The van der Waals surface area contributed by atoms with Gasteiger partial charge in [-0.05, 0) is 37.9 Å². The van der Waals surface area contributed by atoms with Crippen molar-refractivity contribution < 1.29 is 13.2 Å². The zero-order chi connectivity index (χ0) is 14.6. The Morgan fingerprint density at radius 2 is 2.20 bits per heavy atom. The summed E-state index contributed by atoms with van der Waals surface area (Å²) in [5.41, 5.74) is 0.953. The lowest BCUT2D eigenvalue weighted by Crippen LogP contribution is -2.41. The Hall–Kier alpha value is -1.30. The lowest BCUT2D eigenvalue weighted by Gasteiger charge is -2.33. The smallest absolute Gasteiger partial charge is 0.370 e. The first kappa shape index (κ1) is 15.1. The number of likely N-dealkylation sites (tertiary alicyclic amines) is 1. The van der Waals surface area contributed by atoms with Crippen LogP contribution in [-0.2, 0) is 6.54 Å².